The molecule has 25 heavy (non-hydrogen) atoms. The molecule has 0 saturated heterocycles. The summed E-state index contributed by atoms with van der Waals surface area (Å²) in [5.74, 6) is -1.78. The summed E-state index contributed by atoms with van der Waals surface area (Å²) in [6, 6.07) is 14.6. The molecular formula is C17H12BrFN4O2. The fraction of sp³-hybridized carbons (Fsp3) is 0. The Morgan fingerprint density at radius 2 is 1.72 bits per heavy atom. The van der Waals surface area contributed by atoms with E-state index in [9.17, 15) is 14.0 Å². The van der Waals surface area contributed by atoms with Crippen LogP contribution < -0.4 is 10.9 Å². The van der Waals surface area contributed by atoms with E-state index < -0.39 is 17.6 Å². The van der Waals surface area contributed by atoms with E-state index >= 15 is 0 Å². The van der Waals surface area contributed by atoms with Gasteiger partial charge in [0, 0.05) is 10.0 Å². The molecular weight excluding hydrogens is 391 g/mol. The molecule has 0 aliphatic rings. The molecule has 1 aromatic heterocycles. The first-order valence-corrected chi connectivity index (χ1v) is 8.00. The summed E-state index contributed by atoms with van der Waals surface area (Å²) in [4.78, 5) is 24.1. The van der Waals surface area contributed by atoms with E-state index in [1.807, 2.05) is 30.3 Å². The van der Waals surface area contributed by atoms with Gasteiger partial charge in [0.2, 0.25) is 0 Å². The van der Waals surface area contributed by atoms with Gasteiger partial charge in [-0.1, -0.05) is 30.3 Å². The van der Waals surface area contributed by atoms with Gasteiger partial charge in [-0.05, 0) is 40.2 Å². The Bertz CT molecular complexity index is 927. The van der Waals surface area contributed by atoms with Gasteiger partial charge in [-0.3, -0.25) is 25.5 Å². The normalized spacial score (nSPS) is 10.3. The van der Waals surface area contributed by atoms with Gasteiger partial charge < -0.3 is 0 Å². The summed E-state index contributed by atoms with van der Waals surface area (Å²) < 4.78 is 13.6. The van der Waals surface area contributed by atoms with Gasteiger partial charge in [-0.15, -0.1) is 0 Å². The SMILES string of the molecule is O=C(NNC(=O)c1cc(F)ccc1Br)c1cc(-c2ccccc2)n[nH]1. The van der Waals surface area contributed by atoms with Crippen LogP contribution in [0.15, 0.2) is 59.1 Å². The number of carbonyl (C=O) groups is 2. The summed E-state index contributed by atoms with van der Waals surface area (Å²) in [7, 11) is 0. The second-order valence-electron chi connectivity index (χ2n) is 5.07. The molecule has 3 N–H and O–H groups in total. The van der Waals surface area contributed by atoms with E-state index in [1.165, 1.54) is 12.1 Å². The van der Waals surface area contributed by atoms with Crippen LogP contribution in [0.5, 0.6) is 0 Å². The second-order valence-corrected chi connectivity index (χ2v) is 5.92. The van der Waals surface area contributed by atoms with Gasteiger partial charge in [0.25, 0.3) is 11.8 Å². The summed E-state index contributed by atoms with van der Waals surface area (Å²) in [5.41, 5.74) is 6.18. The number of hydrogen-bond donors (Lipinski definition) is 3. The number of hydrazine groups is 1. The van der Waals surface area contributed by atoms with Crippen LogP contribution in [0, 0.1) is 5.82 Å². The van der Waals surface area contributed by atoms with Gasteiger partial charge >= 0.3 is 0 Å². The van der Waals surface area contributed by atoms with Crippen molar-refractivity contribution in [1.29, 1.82) is 0 Å². The topological polar surface area (TPSA) is 86.9 Å². The molecule has 1 heterocycles. The number of aromatic nitrogens is 2. The highest BCUT2D eigenvalue weighted by atomic mass is 79.9. The Labute approximate surface area is 150 Å². The first-order valence-electron chi connectivity index (χ1n) is 7.21. The van der Waals surface area contributed by atoms with Crippen LogP contribution in [0.1, 0.15) is 20.8 Å². The summed E-state index contributed by atoms with van der Waals surface area (Å²) in [5, 5.41) is 6.67. The second kappa shape index (κ2) is 7.27. The predicted molar refractivity (Wildman–Crippen MR) is 93.1 cm³/mol. The minimum Gasteiger partial charge on any atom is -0.272 e. The number of H-pyrrole nitrogens is 1. The lowest BCUT2D eigenvalue weighted by molar-refractivity contribution is 0.0843. The number of carbonyl (C=O) groups excluding carboxylic acids is 2. The van der Waals surface area contributed by atoms with Crippen molar-refractivity contribution in [3.05, 3.63) is 76.1 Å². The Hall–Kier alpha value is -3.00. The van der Waals surface area contributed by atoms with Crippen molar-refractivity contribution in [2.75, 3.05) is 0 Å². The monoisotopic (exact) mass is 402 g/mol. The van der Waals surface area contributed by atoms with Crippen molar-refractivity contribution in [3.8, 4) is 11.3 Å². The van der Waals surface area contributed by atoms with Crippen LogP contribution in [0.4, 0.5) is 4.39 Å². The number of nitrogens with one attached hydrogen (secondary N) is 3. The minimum atomic E-state index is -0.650. The van der Waals surface area contributed by atoms with Crippen molar-refractivity contribution in [3.63, 3.8) is 0 Å². The lowest BCUT2D eigenvalue weighted by Crippen LogP contribution is -2.41. The number of nitrogens with zero attached hydrogens (tertiary/aromatic N) is 1. The van der Waals surface area contributed by atoms with E-state index in [2.05, 4.69) is 37.0 Å². The van der Waals surface area contributed by atoms with Crippen LogP contribution in [-0.2, 0) is 0 Å². The van der Waals surface area contributed by atoms with Crippen molar-refractivity contribution in [2.24, 2.45) is 0 Å². The standard InChI is InChI=1S/C17H12BrFN4O2/c18-13-7-6-11(19)8-12(13)16(24)22-23-17(25)15-9-14(20-21-15)10-4-2-1-3-5-10/h1-9H,(H,20,21)(H,22,24)(H,23,25). The molecule has 0 fully saturated rings. The van der Waals surface area contributed by atoms with Crippen molar-refractivity contribution in [2.45, 2.75) is 0 Å². The quantitative estimate of drug-likeness (QED) is 0.588. The van der Waals surface area contributed by atoms with E-state index in [0.717, 1.165) is 11.6 Å². The summed E-state index contributed by atoms with van der Waals surface area (Å²) in [6.07, 6.45) is 0. The third kappa shape index (κ3) is 3.92. The molecule has 2 aromatic carbocycles. The Morgan fingerprint density at radius 1 is 1.00 bits per heavy atom. The number of benzene rings is 2. The average Bonchev–Trinajstić information content (AvgIpc) is 3.12. The van der Waals surface area contributed by atoms with Gasteiger partial charge in [0.1, 0.15) is 11.5 Å². The molecule has 3 rings (SSSR count). The minimum absolute atomic E-state index is 0.0647. The Kier molecular flexibility index (Phi) is 4.90. The zero-order chi connectivity index (χ0) is 17.8. The van der Waals surface area contributed by atoms with E-state index in [1.54, 1.807) is 6.07 Å². The van der Waals surface area contributed by atoms with Crippen LogP contribution in [-0.4, -0.2) is 22.0 Å². The summed E-state index contributed by atoms with van der Waals surface area (Å²) in [6.45, 7) is 0. The number of rotatable bonds is 3. The molecule has 8 heteroatoms. The summed E-state index contributed by atoms with van der Waals surface area (Å²) >= 11 is 3.16. The van der Waals surface area contributed by atoms with Crippen molar-refractivity contribution >= 4 is 27.7 Å². The van der Waals surface area contributed by atoms with Crippen LogP contribution >= 0.6 is 15.9 Å². The van der Waals surface area contributed by atoms with Gasteiger partial charge in [0.15, 0.2) is 0 Å². The van der Waals surface area contributed by atoms with Gasteiger partial charge in [0.05, 0.1) is 11.3 Å². The predicted octanol–water partition coefficient (Wildman–Crippen LogP) is 3.05. The number of hydrogen-bond acceptors (Lipinski definition) is 3. The largest absolute Gasteiger partial charge is 0.287 e. The Morgan fingerprint density at radius 3 is 2.48 bits per heavy atom. The maximum absolute atomic E-state index is 13.2. The van der Waals surface area contributed by atoms with Crippen LogP contribution in [0.25, 0.3) is 11.3 Å². The van der Waals surface area contributed by atoms with E-state index in [-0.39, 0.29) is 11.3 Å². The zero-order valence-corrected chi connectivity index (χ0v) is 14.3. The first kappa shape index (κ1) is 16.8. The molecule has 0 radical (unpaired) electrons. The Balaban J connectivity index is 1.66. The highest BCUT2D eigenvalue weighted by Gasteiger charge is 2.14. The van der Waals surface area contributed by atoms with E-state index in [4.69, 9.17) is 0 Å². The molecule has 3 aromatic rings. The zero-order valence-electron chi connectivity index (χ0n) is 12.7. The highest BCUT2D eigenvalue weighted by molar-refractivity contribution is 9.10. The fourth-order valence-electron chi connectivity index (χ4n) is 2.11. The number of halogens is 2. The van der Waals surface area contributed by atoms with Crippen LogP contribution in [0.2, 0.25) is 0 Å². The molecule has 0 aliphatic heterocycles. The van der Waals surface area contributed by atoms with Crippen molar-refractivity contribution < 1.29 is 14.0 Å². The molecule has 6 nitrogen and oxygen atoms in total. The molecule has 126 valence electrons. The number of aromatic amines is 1. The van der Waals surface area contributed by atoms with Crippen LogP contribution in [0.3, 0.4) is 0 Å². The molecule has 0 saturated carbocycles. The molecule has 0 unspecified atom stereocenters. The molecule has 0 bridgehead atoms. The lowest BCUT2D eigenvalue weighted by atomic mass is 10.1. The smallest absolute Gasteiger partial charge is 0.272 e. The van der Waals surface area contributed by atoms with Gasteiger partial charge in [-0.2, -0.15) is 5.10 Å². The highest BCUT2D eigenvalue weighted by Crippen LogP contribution is 2.18. The average molecular weight is 403 g/mol. The van der Waals surface area contributed by atoms with E-state index in [0.29, 0.717) is 10.2 Å². The van der Waals surface area contributed by atoms with Crippen molar-refractivity contribution in [1.82, 2.24) is 21.0 Å². The third-order valence-electron chi connectivity index (χ3n) is 3.35. The maximum atomic E-state index is 13.2. The lowest BCUT2D eigenvalue weighted by Gasteiger charge is -2.07. The molecule has 0 atom stereocenters. The number of amides is 2. The van der Waals surface area contributed by atoms with Gasteiger partial charge in [-0.25, -0.2) is 4.39 Å². The fourth-order valence-corrected chi connectivity index (χ4v) is 2.54. The third-order valence-corrected chi connectivity index (χ3v) is 4.05. The first-order chi connectivity index (χ1) is 12.0. The molecule has 2 amide bonds. The maximum Gasteiger partial charge on any atom is 0.287 e. The molecule has 0 aliphatic carbocycles. The molecule has 0 spiro atoms.